The molecule has 5 aromatic rings. The van der Waals surface area contributed by atoms with Crippen molar-refractivity contribution >= 4 is 56.4 Å². The van der Waals surface area contributed by atoms with Crippen LogP contribution in [-0.4, -0.2) is 28.8 Å². The Kier molecular flexibility index (Phi) is 4.70. The molecule has 6 heteroatoms. The second kappa shape index (κ2) is 7.19. The molecule has 4 nitrogen and oxygen atoms in total. The lowest BCUT2D eigenvalue weighted by Gasteiger charge is -2.37. The monoisotopic (exact) mass is 429 g/mol. The molecule has 0 atom stereocenters. The van der Waals surface area contributed by atoms with Crippen molar-refractivity contribution in [3.05, 3.63) is 60.7 Å². The van der Waals surface area contributed by atoms with Crippen LogP contribution in [0.1, 0.15) is 27.7 Å². The van der Waals surface area contributed by atoms with E-state index >= 15 is 0 Å². The summed E-state index contributed by atoms with van der Waals surface area (Å²) in [5, 5.41) is 13.6. The van der Waals surface area contributed by atoms with Gasteiger partial charge in [0.2, 0.25) is 0 Å². The average Bonchev–Trinajstić information content (AvgIpc) is 3.31. The molecule has 0 fully saturated rings. The summed E-state index contributed by atoms with van der Waals surface area (Å²) in [6.45, 7) is 7.36. The summed E-state index contributed by atoms with van der Waals surface area (Å²) in [5.41, 5.74) is 3.11. The normalized spacial score (nSPS) is 12.8. The summed E-state index contributed by atoms with van der Waals surface area (Å²) < 4.78 is 13.5. The van der Waals surface area contributed by atoms with Crippen molar-refractivity contribution in [1.82, 2.24) is 4.98 Å². The molecule has 156 valence electrons. The van der Waals surface area contributed by atoms with Gasteiger partial charge in [-0.2, -0.15) is 0 Å². The third-order valence-electron chi connectivity index (χ3n) is 6.17. The van der Waals surface area contributed by atoms with Crippen molar-refractivity contribution in [2.24, 2.45) is 0 Å². The van der Waals surface area contributed by atoms with Gasteiger partial charge in [-0.15, -0.1) is 11.3 Å². The van der Waals surface area contributed by atoms with E-state index < -0.39 is 11.2 Å². The molecule has 2 aromatic heterocycles. The predicted octanol–water partition coefficient (Wildman–Crippen LogP) is 5.41. The van der Waals surface area contributed by atoms with Gasteiger partial charge in [-0.3, -0.25) is 0 Å². The number of nitrogens with zero attached hydrogens (tertiary/aromatic N) is 1. The Balaban J connectivity index is 1.60. The SMILES string of the molecule is CC(C)(O)C(C)(C)OBc1cccc2oc3cc4nc(-c5ccccc5)sc4cc3c12. The van der Waals surface area contributed by atoms with Crippen molar-refractivity contribution in [3.8, 4) is 10.6 Å². The summed E-state index contributed by atoms with van der Waals surface area (Å²) in [6, 6.07) is 20.5. The van der Waals surface area contributed by atoms with E-state index in [1.807, 2.05) is 50.2 Å². The molecule has 0 aliphatic carbocycles. The van der Waals surface area contributed by atoms with E-state index in [9.17, 15) is 5.11 Å². The largest absolute Gasteiger partial charge is 0.456 e. The predicted molar refractivity (Wildman–Crippen MR) is 131 cm³/mol. The summed E-state index contributed by atoms with van der Waals surface area (Å²) in [5.74, 6) is 0. The Hall–Kier alpha value is -2.67. The fourth-order valence-electron chi connectivity index (χ4n) is 3.58. The van der Waals surface area contributed by atoms with Crippen LogP contribution in [0.5, 0.6) is 0 Å². The van der Waals surface area contributed by atoms with Crippen LogP contribution in [0.4, 0.5) is 0 Å². The van der Waals surface area contributed by atoms with E-state index in [-0.39, 0.29) is 0 Å². The second-order valence-corrected chi connectivity index (χ2v) is 9.98. The molecule has 31 heavy (non-hydrogen) atoms. The van der Waals surface area contributed by atoms with Gasteiger partial charge in [-0.1, -0.05) is 42.5 Å². The number of hydrogen-bond acceptors (Lipinski definition) is 5. The highest BCUT2D eigenvalue weighted by Gasteiger charge is 2.35. The molecule has 0 saturated heterocycles. The summed E-state index contributed by atoms with van der Waals surface area (Å²) in [7, 11) is 0.388. The first-order valence-corrected chi connectivity index (χ1v) is 11.2. The zero-order chi connectivity index (χ0) is 21.8. The van der Waals surface area contributed by atoms with Gasteiger partial charge in [0, 0.05) is 22.4 Å². The molecule has 2 heterocycles. The Morgan fingerprint density at radius 1 is 0.968 bits per heavy atom. The fourth-order valence-corrected chi connectivity index (χ4v) is 4.57. The maximum atomic E-state index is 10.4. The molecule has 0 spiro atoms. The first kappa shape index (κ1) is 20.2. The first-order valence-electron chi connectivity index (χ1n) is 10.4. The minimum atomic E-state index is -0.956. The van der Waals surface area contributed by atoms with Crippen molar-refractivity contribution < 1.29 is 14.2 Å². The van der Waals surface area contributed by atoms with E-state index in [4.69, 9.17) is 14.1 Å². The third-order valence-corrected chi connectivity index (χ3v) is 7.24. The third kappa shape index (κ3) is 3.55. The number of benzene rings is 3. The van der Waals surface area contributed by atoms with E-state index in [2.05, 4.69) is 24.3 Å². The van der Waals surface area contributed by atoms with E-state index in [0.29, 0.717) is 7.48 Å². The molecule has 0 bridgehead atoms. The van der Waals surface area contributed by atoms with Gasteiger partial charge in [0.25, 0.3) is 0 Å². The smallest absolute Gasteiger partial charge is 0.310 e. The van der Waals surface area contributed by atoms with Gasteiger partial charge in [0.1, 0.15) is 16.2 Å². The molecule has 1 N–H and O–H groups in total. The number of aromatic nitrogens is 1. The Labute approximate surface area is 185 Å². The number of hydrogen-bond donors (Lipinski definition) is 1. The number of aliphatic hydroxyl groups is 1. The number of furan rings is 1. The molecule has 0 unspecified atom stereocenters. The Morgan fingerprint density at radius 2 is 1.74 bits per heavy atom. The number of thiazole rings is 1. The maximum Gasteiger partial charge on any atom is 0.310 e. The molecule has 0 radical (unpaired) electrons. The van der Waals surface area contributed by atoms with Crippen LogP contribution in [0.15, 0.2) is 65.1 Å². The van der Waals surface area contributed by atoms with Crippen LogP contribution < -0.4 is 5.46 Å². The van der Waals surface area contributed by atoms with Crippen LogP contribution in [0.3, 0.4) is 0 Å². The zero-order valence-electron chi connectivity index (χ0n) is 18.1. The number of rotatable bonds is 5. The first-order chi connectivity index (χ1) is 14.7. The topological polar surface area (TPSA) is 55.5 Å². The van der Waals surface area contributed by atoms with Crippen LogP contribution in [-0.2, 0) is 4.65 Å². The second-order valence-electron chi connectivity index (χ2n) is 8.95. The van der Waals surface area contributed by atoms with Crippen LogP contribution in [0, 0.1) is 0 Å². The highest BCUT2D eigenvalue weighted by Crippen LogP contribution is 2.36. The lowest BCUT2D eigenvalue weighted by atomic mass is 9.80. The van der Waals surface area contributed by atoms with Gasteiger partial charge < -0.3 is 14.2 Å². The molecule has 0 aliphatic heterocycles. The number of fused-ring (bicyclic) bond motifs is 4. The lowest BCUT2D eigenvalue weighted by molar-refractivity contribution is -0.0893. The fraction of sp³-hybridized carbons (Fsp3) is 0.240. The van der Waals surface area contributed by atoms with Crippen LogP contribution in [0.25, 0.3) is 42.7 Å². The Bertz CT molecular complexity index is 1400. The minimum absolute atomic E-state index is 0.388. The molecule has 0 saturated carbocycles. The van der Waals surface area contributed by atoms with E-state index in [1.54, 1.807) is 25.2 Å². The molecular formula is C25H24BNO3S. The minimum Gasteiger partial charge on any atom is -0.456 e. The van der Waals surface area contributed by atoms with Crippen LogP contribution >= 0.6 is 11.3 Å². The highest BCUT2D eigenvalue weighted by atomic mass is 32.1. The molecule has 0 amide bonds. The van der Waals surface area contributed by atoms with Gasteiger partial charge in [0.05, 0.1) is 21.4 Å². The lowest BCUT2D eigenvalue weighted by Crippen LogP contribution is -2.49. The van der Waals surface area contributed by atoms with Crippen molar-refractivity contribution in [1.29, 1.82) is 0 Å². The summed E-state index contributed by atoms with van der Waals surface area (Å²) >= 11 is 1.69. The maximum absolute atomic E-state index is 10.4. The van der Waals surface area contributed by atoms with Gasteiger partial charge in [-0.05, 0) is 45.3 Å². The van der Waals surface area contributed by atoms with Crippen LogP contribution in [0.2, 0.25) is 0 Å². The van der Waals surface area contributed by atoms with Gasteiger partial charge in [0.15, 0.2) is 0 Å². The zero-order valence-corrected chi connectivity index (χ0v) is 18.9. The highest BCUT2D eigenvalue weighted by molar-refractivity contribution is 7.21. The Morgan fingerprint density at radius 3 is 2.48 bits per heavy atom. The summed E-state index contributed by atoms with van der Waals surface area (Å²) in [4.78, 5) is 4.83. The van der Waals surface area contributed by atoms with Crippen molar-refractivity contribution in [3.63, 3.8) is 0 Å². The van der Waals surface area contributed by atoms with E-state index in [1.165, 1.54) is 0 Å². The summed E-state index contributed by atoms with van der Waals surface area (Å²) in [6.07, 6.45) is 0. The standard InChI is InChI=1S/C25H24BNO3S/c1-24(2,28)25(3,4)30-26-17-11-8-12-19-22(17)16-13-21-18(14-20(16)29-19)27-23(31-21)15-9-6-5-7-10-15/h5-14,26,28H,1-4H3. The average molecular weight is 429 g/mol. The molecular weight excluding hydrogens is 405 g/mol. The molecule has 3 aromatic carbocycles. The molecule has 5 rings (SSSR count). The molecule has 0 aliphatic rings. The van der Waals surface area contributed by atoms with Gasteiger partial charge >= 0.3 is 7.48 Å². The van der Waals surface area contributed by atoms with Crippen molar-refractivity contribution in [2.45, 2.75) is 38.9 Å². The van der Waals surface area contributed by atoms with Gasteiger partial charge in [-0.25, -0.2) is 4.98 Å². The van der Waals surface area contributed by atoms with E-state index in [0.717, 1.165) is 48.2 Å². The van der Waals surface area contributed by atoms with Crippen molar-refractivity contribution in [2.75, 3.05) is 0 Å². The quantitative estimate of drug-likeness (QED) is 0.380.